The highest BCUT2D eigenvalue weighted by Crippen LogP contribution is 2.25. The minimum absolute atomic E-state index is 0.607. The van der Waals surface area contributed by atoms with Gasteiger partial charge in [0.25, 0.3) is 0 Å². The molecule has 3 rings (SSSR count). The number of hydrogen-bond acceptors (Lipinski definition) is 5. The van der Waals surface area contributed by atoms with E-state index < -0.39 is 0 Å². The van der Waals surface area contributed by atoms with Crippen molar-refractivity contribution in [2.45, 2.75) is 38.3 Å². The quantitative estimate of drug-likeness (QED) is 0.924. The zero-order valence-electron chi connectivity index (χ0n) is 10.6. The van der Waals surface area contributed by atoms with Crippen molar-refractivity contribution in [3.63, 3.8) is 0 Å². The molecule has 0 bridgehead atoms. The molecule has 2 aromatic rings. The number of thiophene rings is 1. The summed E-state index contributed by atoms with van der Waals surface area (Å²) in [7, 11) is 2.16. The highest BCUT2D eigenvalue weighted by molar-refractivity contribution is 7.16. The molecule has 1 aliphatic rings. The number of nitrogens with zero attached hydrogens (tertiary/aromatic N) is 3. The number of nitrogen functional groups attached to an aromatic ring is 1. The van der Waals surface area contributed by atoms with E-state index in [0.29, 0.717) is 11.9 Å². The molecule has 2 N–H and O–H groups in total. The van der Waals surface area contributed by atoms with Crippen molar-refractivity contribution in [2.75, 3.05) is 12.8 Å². The lowest BCUT2D eigenvalue weighted by molar-refractivity contribution is 0.232. The molecule has 0 unspecified atom stereocenters. The van der Waals surface area contributed by atoms with Gasteiger partial charge in [-0.05, 0) is 31.3 Å². The van der Waals surface area contributed by atoms with Crippen LogP contribution in [0.5, 0.6) is 0 Å². The van der Waals surface area contributed by atoms with Crippen molar-refractivity contribution in [3.05, 3.63) is 17.3 Å². The zero-order chi connectivity index (χ0) is 12.5. The summed E-state index contributed by atoms with van der Waals surface area (Å²) in [6, 6.07) is 2.67. The lowest BCUT2D eigenvalue weighted by Crippen LogP contribution is -2.29. The lowest BCUT2D eigenvalue weighted by Gasteiger charge is -2.23. The summed E-state index contributed by atoms with van der Waals surface area (Å²) in [5, 5.41) is 2.99. The van der Waals surface area contributed by atoms with Crippen molar-refractivity contribution in [1.82, 2.24) is 14.9 Å². The van der Waals surface area contributed by atoms with Crippen molar-refractivity contribution in [1.29, 1.82) is 0 Å². The van der Waals surface area contributed by atoms with Gasteiger partial charge in [-0.25, -0.2) is 9.97 Å². The third-order valence-corrected chi connectivity index (χ3v) is 4.55. The van der Waals surface area contributed by atoms with E-state index in [1.165, 1.54) is 25.7 Å². The van der Waals surface area contributed by atoms with E-state index in [0.717, 1.165) is 22.6 Å². The molecule has 0 aliphatic heterocycles. The maximum atomic E-state index is 5.97. The molecular formula is C13H18N4S. The SMILES string of the molecule is CN(Cc1nc(N)c2ccsc2n1)C1CCCC1. The molecule has 0 saturated heterocycles. The fraction of sp³-hybridized carbons (Fsp3) is 0.538. The molecule has 0 radical (unpaired) electrons. The van der Waals surface area contributed by atoms with Crippen LogP contribution in [0.4, 0.5) is 5.82 Å². The Morgan fingerprint density at radius 2 is 2.17 bits per heavy atom. The van der Waals surface area contributed by atoms with Crippen LogP contribution < -0.4 is 5.73 Å². The Morgan fingerprint density at radius 3 is 2.94 bits per heavy atom. The van der Waals surface area contributed by atoms with E-state index in [1.807, 2.05) is 11.4 Å². The fourth-order valence-corrected chi connectivity index (χ4v) is 3.48. The van der Waals surface area contributed by atoms with Gasteiger partial charge in [-0.3, -0.25) is 4.90 Å². The Balaban J connectivity index is 1.81. The Hall–Kier alpha value is -1.20. The molecule has 0 amide bonds. The molecule has 5 heteroatoms. The van der Waals surface area contributed by atoms with Crippen LogP contribution in [0.2, 0.25) is 0 Å². The molecule has 18 heavy (non-hydrogen) atoms. The van der Waals surface area contributed by atoms with Gasteiger partial charge in [0.2, 0.25) is 0 Å². The van der Waals surface area contributed by atoms with E-state index in [-0.39, 0.29) is 0 Å². The summed E-state index contributed by atoms with van der Waals surface area (Å²) < 4.78 is 0. The number of aromatic nitrogens is 2. The third kappa shape index (κ3) is 2.20. The Labute approximate surface area is 111 Å². The predicted octanol–water partition coefficient (Wildman–Crippen LogP) is 2.65. The van der Waals surface area contributed by atoms with E-state index in [2.05, 4.69) is 21.9 Å². The summed E-state index contributed by atoms with van der Waals surface area (Å²) >= 11 is 1.63. The van der Waals surface area contributed by atoms with Gasteiger partial charge in [-0.1, -0.05) is 12.8 Å². The Morgan fingerprint density at radius 1 is 1.39 bits per heavy atom. The predicted molar refractivity (Wildman–Crippen MR) is 75.6 cm³/mol. The summed E-state index contributed by atoms with van der Waals surface area (Å²) in [4.78, 5) is 12.4. The van der Waals surface area contributed by atoms with Crippen molar-refractivity contribution in [3.8, 4) is 0 Å². The van der Waals surface area contributed by atoms with Crippen LogP contribution in [-0.4, -0.2) is 28.0 Å². The monoisotopic (exact) mass is 262 g/mol. The minimum atomic E-state index is 0.607. The molecule has 2 aromatic heterocycles. The molecule has 2 heterocycles. The molecular weight excluding hydrogens is 244 g/mol. The van der Waals surface area contributed by atoms with Crippen LogP contribution in [-0.2, 0) is 6.54 Å². The van der Waals surface area contributed by atoms with Gasteiger partial charge in [0.1, 0.15) is 16.5 Å². The van der Waals surface area contributed by atoms with Gasteiger partial charge in [0.15, 0.2) is 0 Å². The number of rotatable bonds is 3. The van der Waals surface area contributed by atoms with E-state index >= 15 is 0 Å². The number of hydrogen-bond donors (Lipinski definition) is 1. The lowest BCUT2D eigenvalue weighted by atomic mass is 10.2. The van der Waals surface area contributed by atoms with Gasteiger partial charge < -0.3 is 5.73 Å². The van der Waals surface area contributed by atoms with Crippen LogP contribution in [0.1, 0.15) is 31.5 Å². The standard InChI is InChI=1S/C13H18N4S/c1-17(9-4-2-3-5-9)8-11-15-12(14)10-6-7-18-13(10)16-11/h6-7,9H,2-5,8H2,1H3,(H2,14,15,16). The topological polar surface area (TPSA) is 55.0 Å². The minimum Gasteiger partial charge on any atom is -0.383 e. The molecule has 0 aromatic carbocycles. The van der Waals surface area contributed by atoms with Gasteiger partial charge in [-0.15, -0.1) is 11.3 Å². The molecule has 0 spiro atoms. The smallest absolute Gasteiger partial charge is 0.146 e. The molecule has 1 saturated carbocycles. The van der Waals surface area contributed by atoms with Crippen LogP contribution >= 0.6 is 11.3 Å². The second-order valence-electron chi connectivity index (χ2n) is 5.02. The summed E-state index contributed by atoms with van der Waals surface area (Å²) in [5.41, 5.74) is 5.97. The third-order valence-electron chi connectivity index (χ3n) is 3.74. The van der Waals surface area contributed by atoms with Gasteiger partial charge in [-0.2, -0.15) is 0 Å². The summed E-state index contributed by atoms with van der Waals surface area (Å²) in [5.74, 6) is 1.45. The highest BCUT2D eigenvalue weighted by Gasteiger charge is 2.20. The molecule has 1 aliphatic carbocycles. The average molecular weight is 262 g/mol. The number of anilines is 1. The maximum Gasteiger partial charge on any atom is 0.146 e. The maximum absolute atomic E-state index is 5.97. The van der Waals surface area contributed by atoms with E-state index in [4.69, 9.17) is 5.73 Å². The largest absolute Gasteiger partial charge is 0.383 e. The fourth-order valence-electron chi connectivity index (χ4n) is 2.69. The number of fused-ring (bicyclic) bond motifs is 1. The average Bonchev–Trinajstić information content (AvgIpc) is 2.99. The molecule has 0 atom stereocenters. The normalized spacial score (nSPS) is 17.0. The molecule has 96 valence electrons. The second kappa shape index (κ2) is 4.82. The van der Waals surface area contributed by atoms with Gasteiger partial charge >= 0.3 is 0 Å². The first-order chi connectivity index (χ1) is 8.74. The Kier molecular flexibility index (Phi) is 3.18. The van der Waals surface area contributed by atoms with E-state index in [1.54, 1.807) is 11.3 Å². The van der Waals surface area contributed by atoms with Crippen LogP contribution in [0, 0.1) is 0 Å². The number of nitrogens with two attached hydrogens (primary N) is 1. The zero-order valence-corrected chi connectivity index (χ0v) is 11.4. The summed E-state index contributed by atoms with van der Waals surface area (Å²) in [6.45, 7) is 0.794. The van der Waals surface area contributed by atoms with Gasteiger partial charge in [0.05, 0.1) is 11.9 Å². The van der Waals surface area contributed by atoms with Crippen molar-refractivity contribution in [2.24, 2.45) is 0 Å². The molecule has 4 nitrogen and oxygen atoms in total. The second-order valence-corrected chi connectivity index (χ2v) is 5.91. The van der Waals surface area contributed by atoms with Crippen LogP contribution in [0.3, 0.4) is 0 Å². The molecule has 1 fully saturated rings. The van der Waals surface area contributed by atoms with Gasteiger partial charge in [0, 0.05) is 6.04 Å². The highest BCUT2D eigenvalue weighted by atomic mass is 32.1. The van der Waals surface area contributed by atoms with Crippen LogP contribution in [0.15, 0.2) is 11.4 Å². The van der Waals surface area contributed by atoms with Crippen molar-refractivity contribution < 1.29 is 0 Å². The Bertz CT molecular complexity index is 545. The first-order valence-corrected chi connectivity index (χ1v) is 7.32. The first kappa shape index (κ1) is 11.9. The first-order valence-electron chi connectivity index (χ1n) is 6.44. The van der Waals surface area contributed by atoms with E-state index in [9.17, 15) is 0 Å². The summed E-state index contributed by atoms with van der Waals surface area (Å²) in [6.07, 6.45) is 5.30. The van der Waals surface area contributed by atoms with Crippen LogP contribution in [0.25, 0.3) is 10.2 Å². The van der Waals surface area contributed by atoms with Crippen molar-refractivity contribution >= 4 is 27.4 Å².